The number of amides is 3. The first-order valence-corrected chi connectivity index (χ1v) is 10.7. The number of nitrogens with zero attached hydrogens (tertiary/aromatic N) is 2. The minimum absolute atomic E-state index is 0.0373. The summed E-state index contributed by atoms with van der Waals surface area (Å²) in [6.45, 7) is 3.99. The molecule has 0 saturated carbocycles. The Bertz CT molecular complexity index is 1100. The Morgan fingerprint density at radius 3 is 2.55 bits per heavy atom. The molecule has 0 radical (unpaired) electrons. The Labute approximate surface area is 187 Å². The van der Waals surface area contributed by atoms with E-state index in [2.05, 4.69) is 24.4 Å². The van der Waals surface area contributed by atoms with Gasteiger partial charge in [0.1, 0.15) is 0 Å². The lowest BCUT2D eigenvalue weighted by Crippen LogP contribution is -2.49. The molecule has 0 aliphatic carbocycles. The lowest BCUT2D eigenvalue weighted by molar-refractivity contribution is 0.102. The van der Waals surface area contributed by atoms with Crippen LogP contribution in [0.3, 0.4) is 0 Å². The molecule has 1 aliphatic rings. The highest BCUT2D eigenvalue weighted by atomic mass is 35.5. The number of hydrogen-bond donors (Lipinski definition) is 1. The van der Waals surface area contributed by atoms with E-state index in [1.807, 2.05) is 23.1 Å². The first kappa shape index (κ1) is 20.9. The van der Waals surface area contributed by atoms with E-state index < -0.39 is 0 Å². The van der Waals surface area contributed by atoms with Gasteiger partial charge in [-0.25, -0.2) is 4.79 Å². The van der Waals surface area contributed by atoms with Crippen molar-refractivity contribution in [3.05, 3.63) is 94.5 Å². The predicted molar refractivity (Wildman–Crippen MR) is 125 cm³/mol. The van der Waals surface area contributed by atoms with Crippen LogP contribution in [0.2, 0.25) is 5.02 Å². The number of hydrogen-bond acceptors (Lipinski definition) is 2. The number of nitrogens with one attached hydrogen (secondary N) is 1. The molecule has 158 valence electrons. The SMILES string of the molecule is Cc1ccccc1CN1CCCN(c2cccc(C(=O)Nc3ccc(Cl)cc3)c2)C1=O. The van der Waals surface area contributed by atoms with Crippen LogP contribution in [0.1, 0.15) is 27.9 Å². The fourth-order valence-electron chi connectivity index (χ4n) is 3.71. The molecule has 31 heavy (non-hydrogen) atoms. The molecule has 0 spiro atoms. The van der Waals surface area contributed by atoms with Gasteiger partial charge in [0.25, 0.3) is 5.91 Å². The molecular weight excluding hydrogens is 410 g/mol. The highest BCUT2D eigenvalue weighted by Crippen LogP contribution is 2.24. The number of aryl methyl sites for hydroxylation is 1. The lowest BCUT2D eigenvalue weighted by atomic mass is 10.1. The molecule has 0 bridgehead atoms. The van der Waals surface area contributed by atoms with Gasteiger partial charge in [-0.05, 0) is 66.9 Å². The molecule has 3 aromatic carbocycles. The van der Waals surface area contributed by atoms with Crippen LogP contribution in [0.4, 0.5) is 16.2 Å². The smallest absolute Gasteiger partial charge is 0.322 e. The minimum atomic E-state index is -0.231. The molecule has 1 fully saturated rings. The van der Waals surface area contributed by atoms with Gasteiger partial charge >= 0.3 is 6.03 Å². The van der Waals surface area contributed by atoms with Gasteiger partial charge in [0.05, 0.1) is 0 Å². The second-order valence-corrected chi connectivity index (χ2v) is 8.08. The van der Waals surface area contributed by atoms with E-state index >= 15 is 0 Å². The van der Waals surface area contributed by atoms with Crippen molar-refractivity contribution in [3.8, 4) is 0 Å². The highest BCUT2D eigenvalue weighted by Gasteiger charge is 2.27. The molecule has 1 heterocycles. The van der Waals surface area contributed by atoms with Crippen LogP contribution in [-0.4, -0.2) is 29.9 Å². The van der Waals surface area contributed by atoms with Gasteiger partial charge in [0, 0.05) is 41.6 Å². The summed E-state index contributed by atoms with van der Waals surface area (Å²) in [5.41, 5.74) is 4.21. The Morgan fingerprint density at radius 2 is 1.77 bits per heavy atom. The zero-order valence-corrected chi connectivity index (χ0v) is 18.1. The van der Waals surface area contributed by atoms with Crippen molar-refractivity contribution in [1.82, 2.24) is 4.90 Å². The standard InChI is InChI=1S/C25H24ClN3O2/c1-18-6-2-3-7-20(18)17-28-14-5-15-29(25(28)31)23-9-4-8-19(16-23)24(30)27-22-12-10-21(26)11-13-22/h2-4,6-13,16H,5,14-15,17H2,1H3,(H,27,30). The summed E-state index contributed by atoms with van der Waals surface area (Å²) in [5, 5.41) is 3.47. The van der Waals surface area contributed by atoms with Gasteiger partial charge in [0.2, 0.25) is 0 Å². The minimum Gasteiger partial charge on any atom is -0.322 e. The summed E-state index contributed by atoms with van der Waals surface area (Å²) in [6.07, 6.45) is 0.874. The molecule has 1 saturated heterocycles. The van der Waals surface area contributed by atoms with Crippen molar-refractivity contribution in [3.63, 3.8) is 0 Å². The van der Waals surface area contributed by atoms with Gasteiger partial charge in [0.15, 0.2) is 0 Å². The van der Waals surface area contributed by atoms with Gasteiger partial charge in [-0.1, -0.05) is 41.9 Å². The third-order valence-electron chi connectivity index (χ3n) is 5.46. The second-order valence-electron chi connectivity index (χ2n) is 7.65. The molecule has 3 amide bonds. The van der Waals surface area contributed by atoms with E-state index in [0.29, 0.717) is 29.4 Å². The van der Waals surface area contributed by atoms with Gasteiger partial charge in [-0.3, -0.25) is 9.69 Å². The molecule has 5 nitrogen and oxygen atoms in total. The summed E-state index contributed by atoms with van der Waals surface area (Å²) >= 11 is 5.90. The van der Waals surface area contributed by atoms with Crippen molar-refractivity contribution in [1.29, 1.82) is 0 Å². The lowest BCUT2D eigenvalue weighted by Gasteiger charge is -2.36. The molecule has 1 N–H and O–H groups in total. The number of halogens is 1. The third kappa shape index (κ3) is 4.89. The van der Waals surface area contributed by atoms with Crippen LogP contribution in [0.5, 0.6) is 0 Å². The van der Waals surface area contributed by atoms with Crippen molar-refractivity contribution in [2.24, 2.45) is 0 Å². The summed E-state index contributed by atoms with van der Waals surface area (Å²) < 4.78 is 0. The average molecular weight is 434 g/mol. The first-order valence-electron chi connectivity index (χ1n) is 10.3. The average Bonchev–Trinajstić information content (AvgIpc) is 2.78. The number of rotatable bonds is 5. The monoisotopic (exact) mass is 433 g/mol. The van der Waals surface area contributed by atoms with E-state index in [1.165, 1.54) is 5.56 Å². The summed E-state index contributed by atoms with van der Waals surface area (Å²) in [4.78, 5) is 29.5. The number of carbonyl (C=O) groups is 2. The van der Waals surface area contributed by atoms with E-state index in [4.69, 9.17) is 11.6 Å². The topological polar surface area (TPSA) is 52.6 Å². The van der Waals surface area contributed by atoms with Crippen molar-refractivity contribution >= 4 is 34.9 Å². The van der Waals surface area contributed by atoms with Crippen LogP contribution >= 0.6 is 11.6 Å². The van der Waals surface area contributed by atoms with Crippen molar-refractivity contribution in [2.45, 2.75) is 19.9 Å². The Balaban J connectivity index is 1.49. The Kier molecular flexibility index (Phi) is 6.23. The van der Waals surface area contributed by atoms with E-state index in [1.54, 1.807) is 47.4 Å². The third-order valence-corrected chi connectivity index (χ3v) is 5.71. The molecular formula is C25H24ClN3O2. The fraction of sp³-hybridized carbons (Fsp3) is 0.200. The zero-order valence-electron chi connectivity index (χ0n) is 17.3. The van der Waals surface area contributed by atoms with Crippen LogP contribution < -0.4 is 10.2 Å². The highest BCUT2D eigenvalue weighted by molar-refractivity contribution is 6.30. The summed E-state index contributed by atoms with van der Waals surface area (Å²) in [6, 6.07) is 22.2. The van der Waals surface area contributed by atoms with Crippen molar-refractivity contribution in [2.75, 3.05) is 23.3 Å². The van der Waals surface area contributed by atoms with Crippen LogP contribution in [-0.2, 0) is 6.54 Å². The van der Waals surface area contributed by atoms with Crippen LogP contribution in [0.15, 0.2) is 72.8 Å². The summed E-state index contributed by atoms with van der Waals surface area (Å²) in [7, 11) is 0. The number of carbonyl (C=O) groups excluding carboxylic acids is 2. The fourth-order valence-corrected chi connectivity index (χ4v) is 3.84. The van der Waals surface area contributed by atoms with E-state index in [-0.39, 0.29) is 11.9 Å². The maximum absolute atomic E-state index is 13.2. The zero-order chi connectivity index (χ0) is 21.8. The van der Waals surface area contributed by atoms with Crippen LogP contribution in [0.25, 0.3) is 0 Å². The Morgan fingerprint density at radius 1 is 1.00 bits per heavy atom. The first-order chi connectivity index (χ1) is 15.0. The van der Waals surface area contributed by atoms with Crippen molar-refractivity contribution < 1.29 is 9.59 Å². The molecule has 3 aromatic rings. The normalized spacial score (nSPS) is 13.9. The summed E-state index contributed by atoms with van der Waals surface area (Å²) in [5.74, 6) is -0.231. The van der Waals surface area contributed by atoms with Gasteiger partial charge in [-0.2, -0.15) is 0 Å². The molecule has 1 aliphatic heterocycles. The maximum atomic E-state index is 13.2. The Hall–Kier alpha value is -3.31. The van der Waals surface area contributed by atoms with E-state index in [9.17, 15) is 9.59 Å². The number of anilines is 2. The maximum Gasteiger partial charge on any atom is 0.324 e. The quantitative estimate of drug-likeness (QED) is 0.558. The van der Waals surface area contributed by atoms with Gasteiger partial charge < -0.3 is 10.2 Å². The van der Waals surface area contributed by atoms with Gasteiger partial charge in [-0.15, -0.1) is 0 Å². The number of urea groups is 1. The molecule has 4 rings (SSSR count). The molecule has 0 atom stereocenters. The largest absolute Gasteiger partial charge is 0.324 e. The number of benzene rings is 3. The molecule has 0 unspecified atom stereocenters. The predicted octanol–water partition coefficient (Wildman–Crippen LogP) is 5.73. The molecule has 6 heteroatoms. The second kappa shape index (κ2) is 9.23. The molecule has 0 aromatic heterocycles. The van der Waals surface area contributed by atoms with E-state index in [0.717, 1.165) is 24.2 Å². The van der Waals surface area contributed by atoms with Crippen LogP contribution in [0, 0.1) is 6.92 Å².